The summed E-state index contributed by atoms with van der Waals surface area (Å²) in [4.78, 5) is 34.9. The molecule has 0 aliphatic heterocycles. The Hall–Kier alpha value is -1.25. The van der Waals surface area contributed by atoms with Crippen molar-refractivity contribution in [1.82, 2.24) is 0 Å². The maximum atomic E-state index is 12.6. The molecule has 0 aliphatic carbocycles. The van der Waals surface area contributed by atoms with Gasteiger partial charge in [-0.15, -0.1) is 0 Å². The quantitative estimate of drug-likeness (QED) is 0.0267. The van der Waals surface area contributed by atoms with E-state index in [2.05, 4.69) is 26.0 Å². The topological polar surface area (TPSA) is 134 Å². The van der Waals surface area contributed by atoms with Crippen molar-refractivity contribution in [2.24, 2.45) is 5.73 Å². The monoisotopic (exact) mass is 802 g/mol. The first-order valence-electron chi connectivity index (χ1n) is 23.2. The lowest BCUT2D eigenvalue weighted by Gasteiger charge is -2.19. The first kappa shape index (κ1) is 53.8. The van der Waals surface area contributed by atoms with Crippen LogP contribution in [0.3, 0.4) is 0 Å². The fourth-order valence-corrected chi connectivity index (χ4v) is 7.45. The molecular formula is C45H88NO8P. The van der Waals surface area contributed by atoms with Crippen LogP contribution in [0.2, 0.25) is 0 Å². The number of hydrogen-bond donors (Lipinski definition) is 2. The lowest BCUT2D eigenvalue weighted by Crippen LogP contribution is -2.29. The highest BCUT2D eigenvalue weighted by molar-refractivity contribution is 7.47. The van der Waals surface area contributed by atoms with Crippen LogP contribution in [0.5, 0.6) is 0 Å². The van der Waals surface area contributed by atoms with Gasteiger partial charge >= 0.3 is 19.8 Å². The van der Waals surface area contributed by atoms with Crippen LogP contribution >= 0.6 is 7.82 Å². The number of rotatable bonds is 44. The van der Waals surface area contributed by atoms with Crippen LogP contribution in [0.15, 0.2) is 12.2 Å². The summed E-state index contributed by atoms with van der Waals surface area (Å²) in [7, 11) is -4.37. The molecule has 0 radical (unpaired) electrons. The van der Waals surface area contributed by atoms with E-state index in [4.69, 9.17) is 24.3 Å². The predicted octanol–water partition coefficient (Wildman–Crippen LogP) is 13.4. The number of carbonyl (C=O) groups is 2. The Morgan fingerprint density at radius 2 is 0.891 bits per heavy atom. The third kappa shape index (κ3) is 42.2. The van der Waals surface area contributed by atoms with Crippen LogP contribution in [-0.2, 0) is 32.7 Å². The third-order valence-corrected chi connectivity index (χ3v) is 11.1. The van der Waals surface area contributed by atoms with E-state index in [0.717, 1.165) is 32.1 Å². The molecule has 0 heterocycles. The zero-order chi connectivity index (χ0) is 40.3. The summed E-state index contributed by atoms with van der Waals surface area (Å²) in [6, 6.07) is 0. The van der Waals surface area contributed by atoms with Crippen molar-refractivity contribution >= 4 is 19.8 Å². The normalized spacial score (nSPS) is 13.3. The minimum atomic E-state index is -4.37. The largest absolute Gasteiger partial charge is 0.472 e. The molecule has 0 saturated heterocycles. The van der Waals surface area contributed by atoms with Gasteiger partial charge in [0.05, 0.1) is 13.2 Å². The molecule has 3 N–H and O–H groups in total. The second-order valence-electron chi connectivity index (χ2n) is 15.6. The summed E-state index contributed by atoms with van der Waals surface area (Å²) in [6.07, 6.45) is 43.9. The Morgan fingerprint density at radius 3 is 1.29 bits per heavy atom. The zero-order valence-corrected chi connectivity index (χ0v) is 36.8. The van der Waals surface area contributed by atoms with Gasteiger partial charge in [-0.3, -0.25) is 18.6 Å². The lowest BCUT2D eigenvalue weighted by molar-refractivity contribution is -0.161. The van der Waals surface area contributed by atoms with Gasteiger partial charge in [0.2, 0.25) is 0 Å². The molecule has 0 bridgehead atoms. The molecule has 0 fully saturated rings. The van der Waals surface area contributed by atoms with Crippen molar-refractivity contribution in [2.75, 3.05) is 26.4 Å². The number of allylic oxidation sites excluding steroid dienone is 2. The summed E-state index contributed by atoms with van der Waals surface area (Å²) in [6.45, 7) is 3.76. The minimum Gasteiger partial charge on any atom is -0.462 e. The Kier molecular flexibility index (Phi) is 41.4. The van der Waals surface area contributed by atoms with Gasteiger partial charge < -0.3 is 20.1 Å². The van der Waals surface area contributed by atoms with Crippen LogP contribution in [0, 0.1) is 0 Å². The maximum absolute atomic E-state index is 12.6. The summed E-state index contributed by atoms with van der Waals surface area (Å²) in [5, 5.41) is 0. The highest BCUT2D eigenvalue weighted by atomic mass is 31.2. The van der Waals surface area contributed by atoms with Gasteiger partial charge in [0, 0.05) is 19.4 Å². The molecule has 1 unspecified atom stereocenters. The molecule has 326 valence electrons. The molecule has 2 atom stereocenters. The number of esters is 2. The van der Waals surface area contributed by atoms with Crippen LogP contribution in [0.25, 0.3) is 0 Å². The van der Waals surface area contributed by atoms with E-state index in [0.29, 0.717) is 6.42 Å². The lowest BCUT2D eigenvalue weighted by atomic mass is 10.0. The summed E-state index contributed by atoms with van der Waals surface area (Å²) < 4.78 is 32.8. The van der Waals surface area contributed by atoms with E-state index < -0.39 is 26.5 Å². The molecule has 0 aromatic heterocycles. The van der Waals surface area contributed by atoms with E-state index >= 15 is 0 Å². The number of phosphoric acid groups is 1. The first-order valence-corrected chi connectivity index (χ1v) is 24.7. The fourth-order valence-electron chi connectivity index (χ4n) is 6.69. The number of phosphoric ester groups is 1. The Morgan fingerprint density at radius 1 is 0.527 bits per heavy atom. The van der Waals surface area contributed by atoms with E-state index in [9.17, 15) is 19.0 Å². The van der Waals surface area contributed by atoms with Crippen molar-refractivity contribution in [3.05, 3.63) is 12.2 Å². The standard InChI is InChI=1S/C45H88NO8P/c1-3-5-7-9-11-13-15-17-18-19-20-21-22-23-24-26-27-29-31-33-35-37-44(47)51-41-43(42-53-55(49,50)52-40-39-46)54-45(48)38-36-34-32-30-28-25-16-14-12-10-8-6-4-2/h17-18,43H,3-16,19-42,46H2,1-2H3,(H,49,50)/b18-17+/t43-/m0/s1. The molecule has 55 heavy (non-hydrogen) atoms. The van der Waals surface area contributed by atoms with Crippen molar-refractivity contribution in [2.45, 2.75) is 238 Å². The molecule has 0 aliphatic rings. The molecule has 0 saturated carbocycles. The second-order valence-corrected chi connectivity index (χ2v) is 17.1. The molecule has 0 aromatic carbocycles. The van der Waals surface area contributed by atoms with Gasteiger partial charge in [0.1, 0.15) is 6.61 Å². The van der Waals surface area contributed by atoms with Gasteiger partial charge in [0.25, 0.3) is 0 Å². The smallest absolute Gasteiger partial charge is 0.462 e. The predicted molar refractivity (Wildman–Crippen MR) is 229 cm³/mol. The van der Waals surface area contributed by atoms with Crippen LogP contribution in [-0.4, -0.2) is 49.3 Å². The Labute approximate surface area is 339 Å². The van der Waals surface area contributed by atoms with Gasteiger partial charge in [-0.1, -0.05) is 193 Å². The van der Waals surface area contributed by atoms with E-state index in [1.807, 2.05) is 0 Å². The first-order chi connectivity index (χ1) is 26.8. The number of hydrogen-bond acceptors (Lipinski definition) is 8. The Bertz CT molecular complexity index is 917. The number of carbonyl (C=O) groups excluding carboxylic acids is 2. The number of unbranched alkanes of at least 4 members (excludes halogenated alkanes) is 29. The maximum Gasteiger partial charge on any atom is 0.472 e. The van der Waals surface area contributed by atoms with Crippen LogP contribution < -0.4 is 5.73 Å². The van der Waals surface area contributed by atoms with Crippen molar-refractivity contribution in [3.63, 3.8) is 0 Å². The van der Waals surface area contributed by atoms with Crippen LogP contribution in [0.1, 0.15) is 232 Å². The fraction of sp³-hybridized carbons (Fsp3) is 0.911. The summed E-state index contributed by atoms with van der Waals surface area (Å²) in [5.74, 6) is -0.817. The van der Waals surface area contributed by atoms with Gasteiger partial charge in [-0.05, 0) is 38.5 Å². The highest BCUT2D eigenvalue weighted by Gasteiger charge is 2.26. The molecule has 0 amide bonds. The minimum absolute atomic E-state index is 0.0565. The second kappa shape index (κ2) is 42.4. The zero-order valence-electron chi connectivity index (χ0n) is 35.9. The summed E-state index contributed by atoms with van der Waals surface area (Å²) in [5.41, 5.74) is 5.35. The molecule has 9 nitrogen and oxygen atoms in total. The van der Waals surface area contributed by atoms with Gasteiger partial charge in [-0.25, -0.2) is 4.57 Å². The van der Waals surface area contributed by atoms with E-state index in [1.165, 1.54) is 167 Å². The van der Waals surface area contributed by atoms with E-state index in [-0.39, 0.29) is 38.6 Å². The van der Waals surface area contributed by atoms with Crippen LogP contribution in [0.4, 0.5) is 0 Å². The number of ether oxygens (including phenoxy) is 2. The molecule has 10 heteroatoms. The van der Waals surface area contributed by atoms with Crippen molar-refractivity contribution < 1.29 is 37.6 Å². The molecule has 0 aromatic rings. The van der Waals surface area contributed by atoms with Gasteiger partial charge in [-0.2, -0.15) is 0 Å². The SMILES string of the molecule is CCCCCCCC/C=C/CCCCCCCCCCCCCC(=O)OC[C@@H](COP(=O)(O)OCCN)OC(=O)CCCCCCCCCCCCCCC. The van der Waals surface area contributed by atoms with Crippen molar-refractivity contribution in [3.8, 4) is 0 Å². The summed E-state index contributed by atoms with van der Waals surface area (Å²) >= 11 is 0. The van der Waals surface area contributed by atoms with Gasteiger partial charge in [0.15, 0.2) is 6.10 Å². The van der Waals surface area contributed by atoms with E-state index in [1.54, 1.807) is 0 Å². The number of nitrogens with two attached hydrogens (primary N) is 1. The Balaban J connectivity index is 4.03. The molecular weight excluding hydrogens is 713 g/mol. The molecule has 0 spiro atoms. The highest BCUT2D eigenvalue weighted by Crippen LogP contribution is 2.43. The molecule has 0 rings (SSSR count). The van der Waals surface area contributed by atoms with Crippen molar-refractivity contribution in [1.29, 1.82) is 0 Å². The third-order valence-electron chi connectivity index (χ3n) is 10.2. The average molecular weight is 802 g/mol. The average Bonchev–Trinajstić information content (AvgIpc) is 3.17.